The Labute approximate surface area is 192 Å². The van der Waals surface area contributed by atoms with Crippen molar-refractivity contribution in [3.05, 3.63) is 53.1 Å². The Kier molecular flexibility index (Phi) is 6.49. The van der Waals surface area contributed by atoms with Crippen LogP contribution in [0.3, 0.4) is 0 Å². The molecule has 0 aliphatic heterocycles. The molecule has 4 rings (SSSR count). The Morgan fingerprint density at radius 2 is 2.12 bits per heavy atom. The summed E-state index contributed by atoms with van der Waals surface area (Å²) < 4.78 is 36.5. The van der Waals surface area contributed by atoms with Gasteiger partial charge in [0.1, 0.15) is 11.8 Å². The molecule has 1 aliphatic rings. The zero-order chi connectivity index (χ0) is 23.6. The van der Waals surface area contributed by atoms with Crippen LogP contribution in [-0.2, 0) is 16.3 Å². The lowest BCUT2D eigenvalue weighted by molar-refractivity contribution is 0.241. The van der Waals surface area contributed by atoms with E-state index < -0.39 is 21.7 Å². The second-order valence-corrected chi connectivity index (χ2v) is 10.6. The third kappa shape index (κ3) is 4.63. The van der Waals surface area contributed by atoms with Gasteiger partial charge in [0, 0.05) is 11.1 Å². The molecule has 0 amide bonds. The zero-order valence-corrected chi connectivity index (χ0v) is 19.3. The first kappa shape index (κ1) is 23.0. The minimum absolute atomic E-state index is 0.0627. The largest absolute Gasteiger partial charge is 0.490 e. The topological polar surface area (TPSA) is 126 Å². The summed E-state index contributed by atoms with van der Waals surface area (Å²) in [5, 5.41) is 22.2. The maximum Gasteiger partial charge on any atom is 0.258 e. The average Bonchev–Trinajstić information content (AvgIpc) is 3.28. The van der Waals surface area contributed by atoms with E-state index in [0.29, 0.717) is 42.0 Å². The quantitative estimate of drug-likeness (QED) is 0.555. The van der Waals surface area contributed by atoms with Crippen LogP contribution in [0.1, 0.15) is 48.6 Å². The van der Waals surface area contributed by atoms with Crippen LogP contribution in [0.25, 0.3) is 22.8 Å². The molecule has 1 aliphatic carbocycles. The van der Waals surface area contributed by atoms with Crippen molar-refractivity contribution in [3.8, 4) is 34.7 Å². The first-order chi connectivity index (χ1) is 15.8. The van der Waals surface area contributed by atoms with Gasteiger partial charge in [-0.25, -0.2) is 8.42 Å². The maximum atomic E-state index is 12.7. The van der Waals surface area contributed by atoms with E-state index in [4.69, 9.17) is 9.26 Å². The predicted octanol–water partition coefficient (Wildman–Crippen LogP) is 3.85. The van der Waals surface area contributed by atoms with Crippen LogP contribution in [0.4, 0.5) is 0 Å². The predicted molar refractivity (Wildman–Crippen MR) is 122 cm³/mol. The second-order valence-electron chi connectivity index (χ2n) is 8.26. The molecule has 0 radical (unpaired) electrons. The molecule has 0 saturated heterocycles. The van der Waals surface area contributed by atoms with Crippen LogP contribution in [-0.4, -0.2) is 42.1 Å². The lowest BCUT2D eigenvalue weighted by Crippen LogP contribution is -2.23. The number of benzene rings is 2. The van der Waals surface area contributed by atoms with Gasteiger partial charge in [-0.05, 0) is 62.4 Å². The molecule has 1 atom stereocenters. The summed E-state index contributed by atoms with van der Waals surface area (Å²) in [5.41, 5.74) is 3.32. The van der Waals surface area contributed by atoms with Crippen molar-refractivity contribution < 1.29 is 22.8 Å². The van der Waals surface area contributed by atoms with E-state index in [2.05, 4.69) is 16.2 Å². The van der Waals surface area contributed by atoms with Gasteiger partial charge in [-0.3, -0.25) is 0 Å². The van der Waals surface area contributed by atoms with Crippen molar-refractivity contribution in [2.24, 2.45) is 0 Å². The smallest absolute Gasteiger partial charge is 0.258 e. The van der Waals surface area contributed by atoms with Crippen molar-refractivity contribution in [1.29, 1.82) is 5.26 Å². The summed E-state index contributed by atoms with van der Waals surface area (Å²) in [6.07, 6.45) is 1.89. The fraction of sp³-hybridized carbons (Fsp3) is 0.375. The second kappa shape index (κ2) is 9.33. The highest BCUT2D eigenvalue weighted by atomic mass is 32.2. The van der Waals surface area contributed by atoms with E-state index in [0.717, 1.165) is 16.7 Å². The van der Waals surface area contributed by atoms with E-state index in [9.17, 15) is 18.8 Å². The summed E-state index contributed by atoms with van der Waals surface area (Å²) in [6.45, 7) is 3.38. The van der Waals surface area contributed by atoms with Gasteiger partial charge in [0.15, 0.2) is 9.84 Å². The number of nitrogens with zero attached hydrogens (tertiary/aromatic N) is 3. The Morgan fingerprint density at radius 1 is 1.30 bits per heavy atom. The van der Waals surface area contributed by atoms with Crippen LogP contribution in [0.5, 0.6) is 5.75 Å². The molecule has 1 N–H and O–H groups in total. The van der Waals surface area contributed by atoms with E-state index >= 15 is 0 Å². The fourth-order valence-electron chi connectivity index (χ4n) is 4.21. The third-order valence-electron chi connectivity index (χ3n) is 5.64. The molecule has 172 valence electrons. The third-order valence-corrected chi connectivity index (χ3v) is 7.75. The number of hydrogen-bond acceptors (Lipinski definition) is 8. The molecule has 3 aromatic rings. The van der Waals surface area contributed by atoms with Crippen molar-refractivity contribution >= 4 is 9.84 Å². The molecule has 33 heavy (non-hydrogen) atoms. The van der Waals surface area contributed by atoms with Gasteiger partial charge in [0.25, 0.3) is 5.89 Å². The number of ether oxygens (including phenoxy) is 1. The summed E-state index contributed by atoms with van der Waals surface area (Å²) in [4.78, 5) is 4.53. The molecule has 0 saturated carbocycles. The van der Waals surface area contributed by atoms with Gasteiger partial charge in [0.05, 0.1) is 29.3 Å². The molecule has 0 unspecified atom stereocenters. The van der Waals surface area contributed by atoms with E-state index in [1.54, 1.807) is 24.3 Å². The first-order valence-corrected chi connectivity index (χ1v) is 12.5. The molecular formula is C24H25N3O5S. The van der Waals surface area contributed by atoms with E-state index in [1.165, 1.54) is 0 Å². The fourth-order valence-corrected chi connectivity index (χ4v) is 5.89. The number of sulfone groups is 1. The normalized spacial score (nSPS) is 15.8. The summed E-state index contributed by atoms with van der Waals surface area (Å²) in [7, 11) is -3.46. The lowest BCUT2D eigenvalue weighted by Gasteiger charge is -2.26. The van der Waals surface area contributed by atoms with Crippen molar-refractivity contribution in [1.82, 2.24) is 10.1 Å². The number of fused-ring (bicyclic) bond motifs is 1. The highest BCUT2D eigenvalue weighted by Crippen LogP contribution is 2.40. The number of aromatic nitrogens is 2. The Balaban J connectivity index is 1.70. The highest BCUT2D eigenvalue weighted by molar-refractivity contribution is 7.91. The van der Waals surface area contributed by atoms with Crippen LogP contribution in [0, 0.1) is 11.3 Å². The average molecular weight is 468 g/mol. The Hall–Kier alpha value is -3.22. The van der Waals surface area contributed by atoms with Gasteiger partial charge >= 0.3 is 0 Å². The molecule has 9 heteroatoms. The molecular weight excluding hydrogens is 442 g/mol. The number of hydrogen-bond donors (Lipinski definition) is 1. The summed E-state index contributed by atoms with van der Waals surface area (Å²) in [6, 6.07) is 12.7. The molecule has 0 fully saturated rings. The van der Waals surface area contributed by atoms with Crippen LogP contribution in [0.15, 0.2) is 40.9 Å². The Morgan fingerprint density at radius 3 is 2.85 bits per heavy atom. The van der Waals surface area contributed by atoms with E-state index in [1.807, 2.05) is 26.0 Å². The van der Waals surface area contributed by atoms with Gasteiger partial charge in [-0.1, -0.05) is 23.4 Å². The molecule has 0 spiro atoms. The van der Waals surface area contributed by atoms with Crippen LogP contribution < -0.4 is 4.74 Å². The van der Waals surface area contributed by atoms with Crippen LogP contribution >= 0.6 is 0 Å². The molecule has 8 nitrogen and oxygen atoms in total. The van der Waals surface area contributed by atoms with Gasteiger partial charge in [-0.2, -0.15) is 10.2 Å². The number of rotatable bonds is 7. The number of nitriles is 1. The number of aliphatic hydroxyl groups is 1. The molecule has 1 heterocycles. The lowest BCUT2D eigenvalue weighted by atomic mass is 9.87. The van der Waals surface area contributed by atoms with Gasteiger partial charge in [0.2, 0.25) is 5.82 Å². The minimum Gasteiger partial charge on any atom is -0.490 e. The minimum atomic E-state index is -3.46. The Bertz CT molecular complexity index is 1310. The standard InChI is InChI=1S/C24H25N3O5S/c1-15(2)31-21-10-9-16(13-17(21)14-25)24-26-23(27-32-24)20-7-3-6-19-18(20)5-4-8-22(19)33(29,30)12-11-28/h3,6-7,9-10,13,15,22,28H,4-5,8,11-12H2,1-2H3/t22-/m1/s1. The molecule has 2 aromatic carbocycles. The monoisotopic (exact) mass is 467 g/mol. The van der Waals surface area contributed by atoms with Gasteiger partial charge < -0.3 is 14.4 Å². The summed E-state index contributed by atoms with van der Waals surface area (Å²) in [5.74, 6) is 0.854. The molecule has 1 aromatic heterocycles. The maximum absolute atomic E-state index is 12.7. The van der Waals surface area contributed by atoms with Gasteiger partial charge in [-0.15, -0.1) is 0 Å². The van der Waals surface area contributed by atoms with Crippen LogP contribution in [0.2, 0.25) is 0 Å². The SMILES string of the molecule is CC(C)Oc1ccc(-c2nc(-c3cccc4c3CCC[C@H]4S(=O)(=O)CCO)no2)cc1C#N. The molecule has 0 bridgehead atoms. The van der Waals surface area contributed by atoms with E-state index in [-0.39, 0.29) is 17.7 Å². The highest BCUT2D eigenvalue weighted by Gasteiger charge is 2.32. The zero-order valence-electron chi connectivity index (χ0n) is 18.5. The van der Waals surface area contributed by atoms with Crippen molar-refractivity contribution in [2.45, 2.75) is 44.5 Å². The van der Waals surface area contributed by atoms with Crippen molar-refractivity contribution in [2.75, 3.05) is 12.4 Å². The van der Waals surface area contributed by atoms with Crippen molar-refractivity contribution in [3.63, 3.8) is 0 Å². The summed E-state index contributed by atoms with van der Waals surface area (Å²) >= 11 is 0. The number of aliphatic hydroxyl groups excluding tert-OH is 1. The first-order valence-electron chi connectivity index (χ1n) is 10.8.